The van der Waals surface area contributed by atoms with E-state index >= 15 is 0 Å². The summed E-state index contributed by atoms with van der Waals surface area (Å²) in [6.07, 6.45) is -1.93. The molecule has 3 atom stereocenters. The van der Waals surface area contributed by atoms with Crippen molar-refractivity contribution in [3.05, 3.63) is 0 Å². The topological polar surface area (TPSA) is 91.3 Å². The number of carbonyl (C=O) groups is 2. The highest BCUT2D eigenvalue weighted by atomic mass is 16.8. The van der Waals surface area contributed by atoms with Crippen molar-refractivity contribution in [1.82, 2.24) is 0 Å². The van der Waals surface area contributed by atoms with Gasteiger partial charge in [-0.25, -0.2) is 4.79 Å². The summed E-state index contributed by atoms with van der Waals surface area (Å²) in [5, 5.41) is 9.66. The van der Waals surface area contributed by atoms with Crippen LogP contribution in [0.4, 0.5) is 0 Å². The van der Waals surface area contributed by atoms with Crippen molar-refractivity contribution in [2.45, 2.75) is 37.6 Å². The molecule has 3 unspecified atom stereocenters. The largest absolute Gasteiger partial charge is 0.447 e. The fourth-order valence-corrected chi connectivity index (χ4v) is 1.84. The minimum Gasteiger partial charge on any atom is -0.447 e. The number of Topliss-reactive ketones (excluding diaryl/α,β-unsaturated/α-hetero) is 1. The van der Waals surface area contributed by atoms with Crippen molar-refractivity contribution in [2.24, 2.45) is 0 Å². The number of ketones is 1. The van der Waals surface area contributed by atoms with E-state index in [0.29, 0.717) is 0 Å². The highest BCUT2D eigenvalue weighted by Crippen LogP contribution is 2.31. The van der Waals surface area contributed by atoms with E-state index in [-0.39, 0.29) is 6.61 Å². The third-order valence-corrected chi connectivity index (χ3v) is 2.77. The fraction of sp³-hybridized carbons (Fsp3) is 0.800. The van der Waals surface area contributed by atoms with Crippen LogP contribution in [0.15, 0.2) is 0 Å². The molecule has 96 valence electrons. The lowest BCUT2D eigenvalue weighted by Gasteiger charge is -2.19. The Morgan fingerprint density at radius 2 is 2.06 bits per heavy atom. The zero-order valence-corrected chi connectivity index (χ0v) is 9.76. The molecule has 2 heterocycles. The first kappa shape index (κ1) is 12.4. The van der Waals surface area contributed by atoms with E-state index in [1.807, 2.05) is 0 Å². The van der Waals surface area contributed by atoms with Crippen molar-refractivity contribution in [2.75, 3.05) is 13.7 Å². The van der Waals surface area contributed by atoms with Gasteiger partial charge in [0.15, 0.2) is 11.9 Å². The molecule has 2 aliphatic heterocycles. The number of carbonyl (C=O) groups excluding carboxylic acids is 2. The van der Waals surface area contributed by atoms with Gasteiger partial charge in [0.25, 0.3) is 0 Å². The quantitative estimate of drug-likeness (QED) is 0.378. The van der Waals surface area contributed by atoms with Crippen LogP contribution in [-0.2, 0) is 28.5 Å². The van der Waals surface area contributed by atoms with Crippen LogP contribution in [0, 0.1) is 0 Å². The monoisotopic (exact) mass is 246 g/mol. The third-order valence-electron chi connectivity index (χ3n) is 2.77. The number of rotatable bonds is 2. The number of hydrogen-bond donors (Lipinski definition) is 1. The minimum absolute atomic E-state index is 0.108. The number of ether oxygens (including phenoxy) is 4. The maximum Gasteiger partial charge on any atom is 0.376 e. The van der Waals surface area contributed by atoms with Crippen LogP contribution < -0.4 is 0 Å². The highest BCUT2D eigenvalue weighted by molar-refractivity contribution is 6.12. The van der Waals surface area contributed by atoms with Gasteiger partial charge in [0.05, 0.1) is 6.61 Å². The summed E-state index contributed by atoms with van der Waals surface area (Å²) in [4.78, 5) is 23.2. The summed E-state index contributed by atoms with van der Waals surface area (Å²) in [5.41, 5.74) is 0. The molecule has 7 heteroatoms. The maximum atomic E-state index is 11.8. The first-order valence-corrected chi connectivity index (χ1v) is 5.15. The summed E-state index contributed by atoms with van der Waals surface area (Å²) in [6.45, 7) is 3.46. The first-order chi connectivity index (χ1) is 7.80. The molecule has 2 fully saturated rings. The number of aliphatic hydroxyl groups is 1. The van der Waals surface area contributed by atoms with Crippen molar-refractivity contribution in [1.29, 1.82) is 0 Å². The Morgan fingerprint density at radius 3 is 2.47 bits per heavy atom. The summed E-state index contributed by atoms with van der Waals surface area (Å²) in [7, 11) is 1.05. The van der Waals surface area contributed by atoms with Crippen LogP contribution in [-0.4, -0.2) is 54.4 Å². The second-order valence-electron chi connectivity index (χ2n) is 4.41. The number of hydrogen-bond acceptors (Lipinski definition) is 7. The Morgan fingerprint density at radius 1 is 1.41 bits per heavy atom. The van der Waals surface area contributed by atoms with E-state index in [4.69, 9.17) is 14.2 Å². The van der Waals surface area contributed by atoms with Crippen LogP contribution in [0.2, 0.25) is 0 Å². The number of esters is 1. The van der Waals surface area contributed by atoms with E-state index in [0.717, 1.165) is 7.11 Å². The number of methoxy groups -OCH3 is 1. The lowest BCUT2D eigenvalue weighted by atomic mass is 10.1. The molecular weight excluding hydrogens is 232 g/mol. The third kappa shape index (κ3) is 1.85. The molecule has 0 bridgehead atoms. The van der Waals surface area contributed by atoms with Crippen LogP contribution in [0.25, 0.3) is 0 Å². The van der Waals surface area contributed by atoms with Crippen LogP contribution in [0.5, 0.6) is 0 Å². The summed E-state index contributed by atoms with van der Waals surface area (Å²) >= 11 is 0. The summed E-state index contributed by atoms with van der Waals surface area (Å²) < 4.78 is 20.0. The molecule has 0 amide bonds. The Labute approximate surface area is 97.6 Å². The summed E-state index contributed by atoms with van der Waals surface area (Å²) in [5.74, 6) is -5.36. The van der Waals surface area contributed by atoms with Gasteiger partial charge in [-0.2, -0.15) is 0 Å². The molecule has 2 rings (SSSR count). The number of cyclic esters (lactones) is 1. The van der Waals surface area contributed by atoms with Crippen molar-refractivity contribution < 1.29 is 33.6 Å². The van der Waals surface area contributed by atoms with E-state index in [9.17, 15) is 14.7 Å². The van der Waals surface area contributed by atoms with Crippen molar-refractivity contribution >= 4 is 11.8 Å². The lowest BCUT2D eigenvalue weighted by molar-refractivity contribution is -0.199. The Balaban J connectivity index is 2.16. The first-order valence-electron chi connectivity index (χ1n) is 5.15. The van der Waals surface area contributed by atoms with Gasteiger partial charge in [-0.05, 0) is 13.8 Å². The zero-order chi connectivity index (χ0) is 12.8. The highest BCUT2D eigenvalue weighted by Gasteiger charge is 2.61. The van der Waals surface area contributed by atoms with Crippen LogP contribution >= 0.6 is 0 Å². The minimum atomic E-state index is -2.53. The zero-order valence-electron chi connectivity index (χ0n) is 9.76. The molecule has 2 aliphatic rings. The van der Waals surface area contributed by atoms with Crippen LogP contribution in [0.1, 0.15) is 13.8 Å². The smallest absolute Gasteiger partial charge is 0.376 e. The van der Waals surface area contributed by atoms with Gasteiger partial charge in [-0.15, -0.1) is 0 Å². The van der Waals surface area contributed by atoms with Crippen molar-refractivity contribution in [3.63, 3.8) is 0 Å². The average molecular weight is 246 g/mol. The fourth-order valence-electron chi connectivity index (χ4n) is 1.84. The van der Waals surface area contributed by atoms with E-state index in [1.165, 1.54) is 0 Å². The molecule has 1 N–H and O–H groups in total. The Hall–Kier alpha value is -1.02. The molecule has 0 spiro atoms. The van der Waals surface area contributed by atoms with E-state index in [2.05, 4.69) is 4.74 Å². The average Bonchev–Trinajstić information content (AvgIpc) is 2.72. The van der Waals surface area contributed by atoms with Gasteiger partial charge in [0.1, 0.15) is 6.10 Å². The van der Waals surface area contributed by atoms with Gasteiger partial charge in [-0.3, -0.25) is 4.79 Å². The standard InChI is InChI=1S/C10H14O7/c1-9(2)15-4-5(17-9)6-7(11)10(13,14-3)8(12)16-6/h5-6,13H,4H2,1-3H3. The molecule has 0 aromatic rings. The molecule has 7 nitrogen and oxygen atoms in total. The maximum absolute atomic E-state index is 11.8. The molecule has 0 aliphatic carbocycles. The molecule has 17 heavy (non-hydrogen) atoms. The lowest BCUT2D eigenvalue weighted by Crippen LogP contribution is -2.46. The van der Waals surface area contributed by atoms with E-state index in [1.54, 1.807) is 13.8 Å². The summed E-state index contributed by atoms with van der Waals surface area (Å²) in [6, 6.07) is 0. The Bertz CT molecular complexity index is 364. The molecule has 0 aromatic carbocycles. The predicted molar refractivity (Wildman–Crippen MR) is 51.7 cm³/mol. The second-order valence-corrected chi connectivity index (χ2v) is 4.41. The van der Waals surface area contributed by atoms with Gasteiger partial charge < -0.3 is 24.1 Å². The van der Waals surface area contributed by atoms with Gasteiger partial charge in [0, 0.05) is 7.11 Å². The van der Waals surface area contributed by atoms with Gasteiger partial charge >= 0.3 is 11.8 Å². The molecule has 0 radical (unpaired) electrons. The predicted octanol–water partition coefficient (Wildman–Crippen LogP) is -1.03. The SMILES string of the molecule is COC1(O)C(=O)OC(C2COC(C)(C)O2)C1=O. The normalized spacial score (nSPS) is 40.7. The van der Waals surface area contributed by atoms with Gasteiger partial charge in [0.2, 0.25) is 5.78 Å². The molecule has 0 saturated carbocycles. The molecular formula is C10H14O7. The second kappa shape index (κ2) is 3.74. The van der Waals surface area contributed by atoms with Gasteiger partial charge in [-0.1, -0.05) is 0 Å². The van der Waals surface area contributed by atoms with Crippen LogP contribution in [0.3, 0.4) is 0 Å². The molecule has 2 saturated heterocycles. The Kier molecular flexibility index (Phi) is 2.74. The van der Waals surface area contributed by atoms with E-state index < -0.39 is 35.5 Å². The molecule has 0 aromatic heterocycles. The van der Waals surface area contributed by atoms with Crippen molar-refractivity contribution in [3.8, 4) is 0 Å².